The number of nitrogens with one attached hydrogen (secondary N) is 1. The van der Waals surface area contributed by atoms with Gasteiger partial charge in [-0.3, -0.25) is 0 Å². The Morgan fingerprint density at radius 1 is 1.62 bits per heavy atom. The van der Waals surface area contributed by atoms with Crippen molar-refractivity contribution in [3.05, 3.63) is 30.1 Å². The molecule has 0 amide bonds. The number of allylic oxidation sites excluding steroid dienone is 1. The topological polar surface area (TPSA) is 53.1 Å². The third-order valence-corrected chi connectivity index (χ3v) is 2.23. The maximum absolute atomic E-state index is 10.6. The Morgan fingerprint density at radius 2 is 2.38 bits per heavy atom. The monoisotopic (exact) mass is 177 g/mol. The van der Waals surface area contributed by atoms with Gasteiger partial charge in [-0.2, -0.15) is 0 Å². The lowest BCUT2D eigenvalue weighted by Crippen LogP contribution is -1.93. The second-order valence-corrected chi connectivity index (χ2v) is 3.31. The van der Waals surface area contributed by atoms with E-state index >= 15 is 0 Å². The molecule has 1 aromatic heterocycles. The van der Waals surface area contributed by atoms with Crippen LogP contribution in [0.15, 0.2) is 24.5 Å². The molecule has 3 heteroatoms. The highest BCUT2D eigenvalue weighted by Crippen LogP contribution is 2.41. The Kier molecular flexibility index (Phi) is 1.93. The second-order valence-electron chi connectivity index (χ2n) is 3.31. The lowest BCUT2D eigenvalue weighted by Gasteiger charge is -2.00. The van der Waals surface area contributed by atoms with Crippen LogP contribution in [0.2, 0.25) is 0 Å². The number of aromatic nitrogens is 1. The molecule has 2 rings (SSSR count). The minimum absolute atomic E-state index is 0.465. The molecule has 0 radical (unpaired) electrons. The maximum Gasteiger partial charge on any atom is 0.328 e. The SMILES string of the molecule is O=C(O)/C=C(/c1cc[nH]c1)C1CC1. The minimum Gasteiger partial charge on any atom is -0.478 e. The highest BCUT2D eigenvalue weighted by atomic mass is 16.4. The summed E-state index contributed by atoms with van der Waals surface area (Å²) < 4.78 is 0. The van der Waals surface area contributed by atoms with Gasteiger partial charge in [0.25, 0.3) is 0 Å². The number of carbonyl (C=O) groups is 1. The highest BCUT2D eigenvalue weighted by molar-refractivity contribution is 5.91. The molecule has 0 bridgehead atoms. The summed E-state index contributed by atoms with van der Waals surface area (Å²) in [4.78, 5) is 13.5. The quantitative estimate of drug-likeness (QED) is 0.693. The summed E-state index contributed by atoms with van der Waals surface area (Å²) in [6.45, 7) is 0. The molecular formula is C10H11NO2. The third kappa shape index (κ3) is 1.80. The van der Waals surface area contributed by atoms with Gasteiger partial charge in [-0.1, -0.05) is 0 Å². The van der Waals surface area contributed by atoms with Gasteiger partial charge in [0.15, 0.2) is 0 Å². The number of H-pyrrole nitrogens is 1. The molecule has 3 nitrogen and oxygen atoms in total. The summed E-state index contributed by atoms with van der Waals surface area (Å²) in [7, 11) is 0. The van der Waals surface area contributed by atoms with Crippen LogP contribution in [0.4, 0.5) is 0 Å². The largest absolute Gasteiger partial charge is 0.478 e. The summed E-state index contributed by atoms with van der Waals surface area (Å²) in [5.74, 6) is -0.394. The Hall–Kier alpha value is -1.51. The first-order valence-electron chi connectivity index (χ1n) is 4.35. The number of rotatable bonds is 3. The molecule has 1 heterocycles. The van der Waals surface area contributed by atoms with E-state index in [2.05, 4.69) is 4.98 Å². The molecule has 68 valence electrons. The summed E-state index contributed by atoms with van der Waals surface area (Å²) in [5, 5.41) is 8.67. The van der Waals surface area contributed by atoms with Gasteiger partial charge in [0.1, 0.15) is 0 Å². The molecule has 0 aromatic carbocycles. The van der Waals surface area contributed by atoms with Gasteiger partial charge in [0.05, 0.1) is 0 Å². The average Bonchev–Trinajstić information content (AvgIpc) is 2.77. The molecule has 1 aliphatic rings. The average molecular weight is 177 g/mol. The van der Waals surface area contributed by atoms with E-state index in [9.17, 15) is 4.79 Å². The van der Waals surface area contributed by atoms with Crippen LogP contribution in [0, 0.1) is 5.92 Å². The van der Waals surface area contributed by atoms with Crippen LogP contribution in [-0.2, 0) is 4.79 Å². The molecule has 1 saturated carbocycles. The Morgan fingerprint density at radius 3 is 2.85 bits per heavy atom. The van der Waals surface area contributed by atoms with Crippen LogP contribution in [0.3, 0.4) is 0 Å². The lowest BCUT2D eigenvalue weighted by molar-refractivity contribution is -0.131. The molecule has 0 aliphatic heterocycles. The van der Waals surface area contributed by atoms with Gasteiger partial charge in [-0.25, -0.2) is 4.79 Å². The molecule has 1 aromatic rings. The van der Waals surface area contributed by atoms with Crippen molar-refractivity contribution in [3.8, 4) is 0 Å². The molecule has 0 saturated heterocycles. The van der Waals surface area contributed by atoms with Gasteiger partial charge >= 0.3 is 5.97 Å². The first-order valence-corrected chi connectivity index (χ1v) is 4.35. The fraction of sp³-hybridized carbons (Fsp3) is 0.300. The Labute approximate surface area is 76.1 Å². The molecular weight excluding hydrogens is 166 g/mol. The van der Waals surface area contributed by atoms with Crippen molar-refractivity contribution >= 4 is 11.5 Å². The lowest BCUT2D eigenvalue weighted by atomic mass is 10.0. The number of hydrogen-bond donors (Lipinski definition) is 2. The van der Waals surface area contributed by atoms with E-state index in [0.717, 1.165) is 24.0 Å². The first kappa shape index (κ1) is 8.10. The van der Waals surface area contributed by atoms with E-state index in [1.54, 1.807) is 0 Å². The zero-order valence-corrected chi connectivity index (χ0v) is 7.16. The number of hydrogen-bond acceptors (Lipinski definition) is 1. The van der Waals surface area contributed by atoms with Crippen molar-refractivity contribution < 1.29 is 9.90 Å². The van der Waals surface area contributed by atoms with Gasteiger partial charge in [0, 0.05) is 18.5 Å². The van der Waals surface area contributed by atoms with Crippen molar-refractivity contribution in [1.29, 1.82) is 0 Å². The number of carboxylic acid groups (broad SMARTS) is 1. The number of carboxylic acids is 1. The normalized spacial score (nSPS) is 17.4. The van der Waals surface area contributed by atoms with Gasteiger partial charge in [-0.15, -0.1) is 0 Å². The number of aliphatic carboxylic acids is 1. The minimum atomic E-state index is -0.858. The van der Waals surface area contributed by atoms with E-state index in [-0.39, 0.29) is 0 Å². The predicted molar refractivity (Wildman–Crippen MR) is 49.1 cm³/mol. The fourth-order valence-electron chi connectivity index (χ4n) is 1.47. The Balaban J connectivity index is 2.29. The molecule has 13 heavy (non-hydrogen) atoms. The summed E-state index contributed by atoms with van der Waals surface area (Å²) in [6, 6.07) is 1.91. The van der Waals surface area contributed by atoms with Gasteiger partial charge in [0.2, 0.25) is 0 Å². The maximum atomic E-state index is 10.6. The second kappa shape index (κ2) is 3.09. The summed E-state index contributed by atoms with van der Waals surface area (Å²) >= 11 is 0. The van der Waals surface area contributed by atoms with Gasteiger partial charge in [-0.05, 0) is 36.0 Å². The van der Waals surface area contributed by atoms with Crippen molar-refractivity contribution in [2.45, 2.75) is 12.8 Å². The van der Waals surface area contributed by atoms with E-state index in [4.69, 9.17) is 5.11 Å². The van der Waals surface area contributed by atoms with Crippen molar-refractivity contribution in [1.82, 2.24) is 4.98 Å². The van der Waals surface area contributed by atoms with Crippen LogP contribution < -0.4 is 0 Å². The zero-order valence-electron chi connectivity index (χ0n) is 7.16. The van der Waals surface area contributed by atoms with E-state index in [1.807, 2.05) is 18.5 Å². The molecule has 1 fully saturated rings. The first-order chi connectivity index (χ1) is 6.27. The standard InChI is InChI=1S/C10H11NO2/c12-10(13)5-9(7-1-2-7)8-3-4-11-6-8/h3-7,11H,1-2H2,(H,12,13)/b9-5+. The van der Waals surface area contributed by atoms with Crippen molar-refractivity contribution in [2.75, 3.05) is 0 Å². The molecule has 0 spiro atoms. The van der Waals surface area contributed by atoms with Crippen molar-refractivity contribution in [3.63, 3.8) is 0 Å². The van der Waals surface area contributed by atoms with Gasteiger partial charge < -0.3 is 10.1 Å². The van der Waals surface area contributed by atoms with E-state index in [0.29, 0.717) is 5.92 Å². The van der Waals surface area contributed by atoms with Crippen LogP contribution >= 0.6 is 0 Å². The van der Waals surface area contributed by atoms with Crippen LogP contribution in [-0.4, -0.2) is 16.1 Å². The zero-order chi connectivity index (χ0) is 9.26. The smallest absolute Gasteiger partial charge is 0.328 e. The summed E-state index contributed by atoms with van der Waals surface area (Å²) in [6.07, 6.45) is 7.20. The molecule has 2 N–H and O–H groups in total. The van der Waals surface area contributed by atoms with Crippen LogP contribution in [0.5, 0.6) is 0 Å². The highest BCUT2D eigenvalue weighted by Gasteiger charge is 2.27. The van der Waals surface area contributed by atoms with Crippen molar-refractivity contribution in [2.24, 2.45) is 5.92 Å². The number of aromatic amines is 1. The van der Waals surface area contributed by atoms with E-state index in [1.165, 1.54) is 6.08 Å². The molecule has 0 unspecified atom stereocenters. The van der Waals surface area contributed by atoms with E-state index < -0.39 is 5.97 Å². The van der Waals surface area contributed by atoms with Crippen LogP contribution in [0.1, 0.15) is 18.4 Å². The summed E-state index contributed by atoms with van der Waals surface area (Å²) in [5.41, 5.74) is 1.96. The molecule has 1 aliphatic carbocycles. The third-order valence-electron chi connectivity index (χ3n) is 2.23. The van der Waals surface area contributed by atoms with Crippen LogP contribution in [0.25, 0.3) is 5.57 Å². The molecule has 0 atom stereocenters. The fourth-order valence-corrected chi connectivity index (χ4v) is 1.47. The predicted octanol–water partition coefficient (Wildman–Crippen LogP) is 1.89. The Bertz CT molecular complexity index is 334.